The monoisotopic (exact) mass is 452 g/mol. The number of benzene rings is 1. The summed E-state index contributed by atoms with van der Waals surface area (Å²) in [6.07, 6.45) is 4.07. The summed E-state index contributed by atoms with van der Waals surface area (Å²) in [5.41, 5.74) is 7.95. The Morgan fingerprint density at radius 3 is 2.61 bits per heavy atom. The van der Waals surface area contributed by atoms with Crippen molar-refractivity contribution in [1.29, 1.82) is 0 Å². The zero-order valence-electron chi connectivity index (χ0n) is 18.3. The molecule has 0 saturated carbocycles. The van der Waals surface area contributed by atoms with Gasteiger partial charge in [0.25, 0.3) is 5.91 Å². The molecule has 3 aromatic heterocycles. The van der Waals surface area contributed by atoms with Gasteiger partial charge in [0.2, 0.25) is 0 Å². The molecule has 1 amide bonds. The summed E-state index contributed by atoms with van der Waals surface area (Å²) in [5, 5.41) is 7.70. The first-order valence-corrected chi connectivity index (χ1v) is 10.1. The van der Waals surface area contributed by atoms with E-state index in [1.54, 1.807) is 45.5 Å². The van der Waals surface area contributed by atoms with E-state index in [0.717, 1.165) is 0 Å². The number of primary amides is 1. The molecule has 4 rings (SSSR count). The van der Waals surface area contributed by atoms with Crippen molar-refractivity contribution in [3.8, 4) is 11.1 Å². The number of hydrogen-bond acceptors (Lipinski definition) is 6. The van der Waals surface area contributed by atoms with Gasteiger partial charge in [-0.2, -0.15) is 5.10 Å². The lowest BCUT2D eigenvalue weighted by Gasteiger charge is -2.18. The second kappa shape index (κ2) is 8.91. The van der Waals surface area contributed by atoms with Crippen LogP contribution < -0.4 is 11.1 Å². The summed E-state index contributed by atoms with van der Waals surface area (Å²) in [6, 6.07) is 5.71. The maximum Gasteiger partial charge on any atom is 0.252 e. The van der Waals surface area contributed by atoms with Gasteiger partial charge in [-0.15, -0.1) is 0 Å². The third-order valence-corrected chi connectivity index (χ3v) is 5.23. The van der Waals surface area contributed by atoms with Gasteiger partial charge in [-0.05, 0) is 19.1 Å². The number of carbonyl (C=O) groups excluding carboxylic acids is 1. The van der Waals surface area contributed by atoms with Gasteiger partial charge in [0.05, 0.1) is 41.3 Å². The van der Waals surface area contributed by atoms with Crippen molar-refractivity contribution in [3.05, 3.63) is 71.4 Å². The number of halogens is 2. The van der Waals surface area contributed by atoms with Gasteiger partial charge in [-0.1, -0.05) is 6.07 Å². The Kier molecular flexibility index (Phi) is 6.01. The Bertz CT molecular complexity index is 1340. The van der Waals surface area contributed by atoms with Crippen molar-refractivity contribution in [2.75, 3.05) is 12.4 Å². The molecule has 10 heteroatoms. The lowest BCUT2D eigenvalue weighted by Crippen LogP contribution is -2.17. The lowest BCUT2D eigenvalue weighted by molar-refractivity contribution is 0.100. The van der Waals surface area contributed by atoms with Crippen LogP contribution in [0.4, 0.5) is 14.5 Å². The van der Waals surface area contributed by atoms with Crippen LogP contribution in [0.2, 0.25) is 0 Å². The summed E-state index contributed by atoms with van der Waals surface area (Å²) < 4.78 is 35.6. The van der Waals surface area contributed by atoms with E-state index in [-0.39, 0.29) is 16.8 Å². The Labute approximate surface area is 188 Å². The van der Waals surface area contributed by atoms with Crippen LogP contribution in [-0.4, -0.2) is 32.8 Å². The lowest BCUT2D eigenvalue weighted by atomic mass is 10.0. The fraction of sp³-hybridized carbons (Fsp3) is 0.217. The molecule has 0 bridgehead atoms. The summed E-state index contributed by atoms with van der Waals surface area (Å²) in [4.78, 5) is 20.6. The van der Waals surface area contributed by atoms with E-state index in [1.165, 1.54) is 23.1 Å². The number of aryl methyl sites for hydroxylation is 1. The molecule has 1 unspecified atom stereocenters. The Morgan fingerprint density at radius 2 is 2.00 bits per heavy atom. The van der Waals surface area contributed by atoms with Crippen LogP contribution in [0.25, 0.3) is 22.0 Å². The Morgan fingerprint density at radius 1 is 1.21 bits per heavy atom. The summed E-state index contributed by atoms with van der Waals surface area (Å²) in [7, 11) is 3.17. The van der Waals surface area contributed by atoms with Crippen molar-refractivity contribution >= 4 is 22.5 Å². The average Bonchev–Trinajstić information content (AvgIpc) is 3.12. The molecule has 0 fully saturated rings. The number of nitrogens with zero attached hydrogens (tertiary/aromatic N) is 4. The standard InChI is InChI=1S/C23H22F2N6O2/c1-12(21-19(25)10-31(2)30-21)29-22-16-6-15(13-4-5-14(11-33-3)27-8-13)18(24)7-20(16)28-9-17(22)23(26)32/h4-10,12H,11H2,1-3H3,(H2,26,32)(H,28,29). The molecule has 0 radical (unpaired) electrons. The highest BCUT2D eigenvalue weighted by Gasteiger charge is 2.21. The normalized spacial score (nSPS) is 12.2. The van der Waals surface area contributed by atoms with E-state index in [2.05, 4.69) is 20.4 Å². The second-order valence-electron chi connectivity index (χ2n) is 7.63. The number of pyridine rings is 2. The van der Waals surface area contributed by atoms with Gasteiger partial charge in [0, 0.05) is 49.1 Å². The molecular weight excluding hydrogens is 430 g/mol. The molecule has 0 aliphatic rings. The summed E-state index contributed by atoms with van der Waals surface area (Å²) in [6.45, 7) is 2.04. The minimum absolute atomic E-state index is 0.0943. The van der Waals surface area contributed by atoms with E-state index in [1.807, 2.05) is 0 Å². The smallest absolute Gasteiger partial charge is 0.252 e. The quantitative estimate of drug-likeness (QED) is 0.442. The van der Waals surface area contributed by atoms with Crippen LogP contribution in [0, 0.1) is 11.6 Å². The summed E-state index contributed by atoms with van der Waals surface area (Å²) >= 11 is 0. The van der Waals surface area contributed by atoms with E-state index < -0.39 is 23.6 Å². The van der Waals surface area contributed by atoms with Gasteiger partial charge in [0.1, 0.15) is 11.5 Å². The third kappa shape index (κ3) is 4.37. The van der Waals surface area contributed by atoms with Crippen molar-refractivity contribution in [2.24, 2.45) is 12.8 Å². The summed E-state index contributed by atoms with van der Waals surface area (Å²) in [5.74, 6) is -1.72. The number of ether oxygens (including phenoxy) is 1. The number of rotatable bonds is 7. The minimum Gasteiger partial charge on any atom is -0.378 e. The highest BCUT2D eigenvalue weighted by Crippen LogP contribution is 2.34. The minimum atomic E-state index is -0.725. The van der Waals surface area contributed by atoms with Gasteiger partial charge in [-0.25, -0.2) is 8.78 Å². The number of amides is 1. The number of nitrogens with two attached hydrogens (primary N) is 1. The largest absolute Gasteiger partial charge is 0.378 e. The molecule has 1 atom stereocenters. The number of nitrogens with one attached hydrogen (secondary N) is 1. The SMILES string of the molecule is COCc1ccc(-c2cc3c(NC(C)c4nn(C)cc4F)c(C(N)=O)cnc3cc2F)cn1. The van der Waals surface area contributed by atoms with Crippen LogP contribution in [-0.2, 0) is 18.4 Å². The fourth-order valence-electron chi connectivity index (χ4n) is 3.65. The zero-order valence-corrected chi connectivity index (χ0v) is 18.3. The van der Waals surface area contributed by atoms with Crippen LogP contribution in [0.5, 0.6) is 0 Å². The molecule has 33 heavy (non-hydrogen) atoms. The number of fused-ring (bicyclic) bond motifs is 1. The first kappa shape index (κ1) is 22.3. The second-order valence-corrected chi connectivity index (χ2v) is 7.63. The molecule has 4 aromatic rings. The highest BCUT2D eigenvalue weighted by molar-refractivity contribution is 6.07. The third-order valence-electron chi connectivity index (χ3n) is 5.23. The number of anilines is 1. The van der Waals surface area contributed by atoms with E-state index in [4.69, 9.17) is 10.5 Å². The Hall–Kier alpha value is -3.92. The van der Waals surface area contributed by atoms with Gasteiger partial charge in [-0.3, -0.25) is 19.4 Å². The van der Waals surface area contributed by atoms with Gasteiger partial charge in [0.15, 0.2) is 5.82 Å². The van der Waals surface area contributed by atoms with Crippen LogP contribution in [0.1, 0.15) is 34.7 Å². The fourth-order valence-corrected chi connectivity index (χ4v) is 3.65. The first-order valence-electron chi connectivity index (χ1n) is 10.1. The van der Waals surface area contributed by atoms with Crippen LogP contribution in [0.3, 0.4) is 0 Å². The molecular formula is C23H22F2N6O2. The molecule has 1 aromatic carbocycles. The molecule has 170 valence electrons. The molecule has 0 saturated heterocycles. The Balaban J connectivity index is 1.84. The molecule has 0 aliphatic heterocycles. The predicted octanol–water partition coefficient (Wildman–Crippen LogP) is 3.73. The topological polar surface area (TPSA) is 108 Å². The molecule has 0 spiro atoms. The van der Waals surface area contributed by atoms with Crippen molar-refractivity contribution in [3.63, 3.8) is 0 Å². The number of hydrogen-bond donors (Lipinski definition) is 2. The average molecular weight is 452 g/mol. The molecule has 3 heterocycles. The highest BCUT2D eigenvalue weighted by atomic mass is 19.1. The first-order chi connectivity index (χ1) is 15.8. The number of aromatic nitrogens is 4. The van der Waals surface area contributed by atoms with E-state index in [9.17, 15) is 13.6 Å². The molecule has 3 N–H and O–H groups in total. The van der Waals surface area contributed by atoms with Crippen molar-refractivity contribution in [2.45, 2.75) is 19.6 Å². The van der Waals surface area contributed by atoms with Crippen LogP contribution in [0.15, 0.2) is 42.9 Å². The van der Waals surface area contributed by atoms with Crippen molar-refractivity contribution in [1.82, 2.24) is 19.7 Å². The van der Waals surface area contributed by atoms with Gasteiger partial charge < -0.3 is 15.8 Å². The maximum absolute atomic E-state index is 15.0. The van der Waals surface area contributed by atoms with Gasteiger partial charge >= 0.3 is 0 Å². The predicted molar refractivity (Wildman–Crippen MR) is 119 cm³/mol. The molecule has 8 nitrogen and oxygen atoms in total. The van der Waals surface area contributed by atoms with E-state index >= 15 is 0 Å². The van der Waals surface area contributed by atoms with Crippen molar-refractivity contribution < 1.29 is 18.3 Å². The number of methoxy groups -OCH3 is 1. The van der Waals surface area contributed by atoms with Crippen LogP contribution >= 0.6 is 0 Å². The molecule has 0 aliphatic carbocycles. The maximum atomic E-state index is 15.0. The van der Waals surface area contributed by atoms with E-state index in [0.29, 0.717) is 34.5 Å². The zero-order chi connectivity index (χ0) is 23.7. The number of carbonyl (C=O) groups is 1.